The van der Waals surface area contributed by atoms with Gasteiger partial charge >= 0.3 is 0 Å². The second-order valence-electron chi connectivity index (χ2n) is 20.3. The highest BCUT2D eigenvalue weighted by Crippen LogP contribution is 2.38. The SMILES string of the molecule is CC/C=C\C/C=C\C/C=C\C/C=C\C/C=C\CCCCCCCC(=O)NC(COP(=O)([O-])OCC[N+](C)(C)C)C(O)/C=C/CCCCCCCCCCCCCCCCCCCCCCCCC. The number of nitrogens with zero attached hydrogens (tertiary/aromatic N) is 1. The summed E-state index contributed by atoms with van der Waals surface area (Å²) in [5, 5.41) is 13.9. The number of allylic oxidation sites excluding steroid dienone is 11. The molecule has 0 aromatic heterocycles. The zero-order chi connectivity index (χ0) is 49.9. The standard InChI is InChI=1S/C59H109N2O6P/c1-6-8-10-12-14-16-18-20-22-24-26-28-29-30-31-33-34-36-38-40-42-44-46-48-50-52-58(62)57(56-67-68(64,65)66-55-54-61(3,4)5)60-59(63)53-51-49-47-45-43-41-39-37-35-32-27-25-23-21-19-17-15-13-11-9-7-2/h9,11,15,17,21,23,27,32,37,39,50,52,57-58,62H,6-8,10,12-14,16,18-20,22,24-26,28-31,33-36,38,40-49,51,53-56H2,1-5H3,(H-,60,63,64,65)/b11-9-,17-15-,23-21-,32-27-,39-37-,52-50+. The predicted molar refractivity (Wildman–Crippen MR) is 293 cm³/mol. The quantitative estimate of drug-likeness (QED) is 0.0272. The molecule has 0 heterocycles. The molecule has 68 heavy (non-hydrogen) atoms. The Labute approximate surface area is 421 Å². The van der Waals surface area contributed by atoms with E-state index >= 15 is 0 Å². The van der Waals surface area contributed by atoms with Crippen LogP contribution in [0.15, 0.2) is 72.9 Å². The number of phosphoric ester groups is 1. The fraction of sp³-hybridized carbons (Fsp3) is 0.780. The van der Waals surface area contributed by atoms with Gasteiger partial charge in [-0.15, -0.1) is 0 Å². The van der Waals surface area contributed by atoms with Gasteiger partial charge in [-0.1, -0.05) is 247 Å². The molecule has 396 valence electrons. The van der Waals surface area contributed by atoms with Gasteiger partial charge in [0.25, 0.3) is 7.82 Å². The lowest BCUT2D eigenvalue weighted by Gasteiger charge is -2.29. The number of nitrogens with one attached hydrogen (secondary N) is 1. The largest absolute Gasteiger partial charge is 0.756 e. The Kier molecular flexibility index (Phi) is 48.4. The van der Waals surface area contributed by atoms with Gasteiger partial charge in [-0.25, -0.2) is 0 Å². The average Bonchev–Trinajstić information content (AvgIpc) is 3.30. The first kappa shape index (κ1) is 65.9. The normalized spacial score (nSPS) is 14.5. The third kappa shape index (κ3) is 51.8. The Balaban J connectivity index is 4.28. The van der Waals surface area contributed by atoms with Crippen molar-refractivity contribution >= 4 is 13.7 Å². The van der Waals surface area contributed by atoms with Crippen LogP contribution in [0.2, 0.25) is 0 Å². The monoisotopic (exact) mass is 973 g/mol. The lowest BCUT2D eigenvalue weighted by Crippen LogP contribution is -2.45. The molecule has 9 heteroatoms. The smallest absolute Gasteiger partial charge is 0.268 e. The Morgan fingerprint density at radius 3 is 1.31 bits per heavy atom. The van der Waals surface area contributed by atoms with Crippen LogP contribution in [0.4, 0.5) is 0 Å². The minimum absolute atomic E-state index is 0.00829. The maximum absolute atomic E-state index is 12.9. The average molecular weight is 974 g/mol. The van der Waals surface area contributed by atoms with Crippen molar-refractivity contribution in [2.45, 2.75) is 257 Å². The van der Waals surface area contributed by atoms with E-state index < -0.39 is 26.6 Å². The number of hydrogen-bond donors (Lipinski definition) is 2. The third-order valence-electron chi connectivity index (χ3n) is 12.4. The van der Waals surface area contributed by atoms with Gasteiger partial charge in [-0.3, -0.25) is 9.36 Å². The van der Waals surface area contributed by atoms with Crippen molar-refractivity contribution in [3.8, 4) is 0 Å². The maximum atomic E-state index is 12.9. The van der Waals surface area contributed by atoms with E-state index in [1.165, 1.54) is 135 Å². The maximum Gasteiger partial charge on any atom is 0.268 e. The number of unbranched alkanes of at least 4 members (excludes halogenated alkanes) is 28. The number of aliphatic hydroxyl groups excluding tert-OH is 1. The first-order valence-corrected chi connectivity index (χ1v) is 29.8. The molecule has 1 amide bonds. The number of aliphatic hydroxyl groups is 1. The molecule has 0 aromatic carbocycles. The molecule has 0 fully saturated rings. The number of hydrogen-bond acceptors (Lipinski definition) is 6. The summed E-state index contributed by atoms with van der Waals surface area (Å²) in [5.41, 5.74) is 0. The number of likely N-dealkylation sites (N-methyl/N-ethyl adjacent to an activating group) is 1. The van der Waals surface area contributed by atoms with E-state index in [1.807, 2.05) is 27.2 Å². The Morgan fingerprint density at radius 2 is 0.897 bits per heavy atom. The van der Waals surface area contributed by atoms with Crippen LogP contribution in [-0.2, 0) is 18.4 Å². The minimum atomic E-state index is -4.61. The molecule has 0 aliphatic rings. The number of carbonyl (C=O) groups excluding carboxylic acids is 1. The number of quaternary nitrogens is 1. The summed E-state index contributed by atoms with van der Waals surface area (Å²) >= 11 is 0. The fourth-order valence-corrected chi connectivity index (χ4v) is 8.73. The summed E-state index contributed by atoms with van der Waals surface area (Å²) in [6.45, 7) is 4.53. The molecule has 0 radical (unpaired) electrons. The molecular formula is C59H109N2O6P. The van der Waals surface area contributed by atoms with Gasteiger partial charge in [0, 0.05) is 6.42 Å². The molecule has 0 saturated carbocycles. The van der Waals surface area contributed by atoms with Gasteiger partial charge in [0.05, 0.1) is 39.9 Å². The molecule has 0 rings (SSSR count). The molecule has 0 bridgehead atoms. The number of amides is 1. The lowest BCUT2D eigenvalue weighted by atomic mass is 10.0. The molecule has 8 nitrogen and oxygen atoms in total. The highest BCUT2D eigenvalue weighted by Gasteiger charge is 2.23. The van der Waals surface area contributed by atoms with Crippen molar-refractivity contribution in [3.63, 3.8) is 0 Å². The van der Waals surface area contributed by atoms with E-state index in [0.29, 0.717) is 17.4 Å². The van der Waals surface area contributed by atoms with Crippen LogP contribution in [0.3, 0.4) is 0 Å². The number of carbonyl (C=O) groups is 1. The number of rotatable bonds is 51. The van der Waals surface area contributed by atoms with Crippen LogP contribution in [0.5, 0.6) is 0 Å². The first-order chi connectivity index (χ1) is 33.0. The molecule has 2 N–H and O–H groups in total. The lowest BCUT2D eigenvalue weighted by molar-refractivity contribution is -0.870. The van der Waals surface area contributed by atoms with Crippen molar-refractivity contribution < 1.29 is 32.9 Å². The van der Waals surface area contributed by atoms with Gasteiger partial charge in [0.15, 0.2) is 0 Å². The molecule has 3 unspecified atom stereocenters. The van der Waals surface area contributed by atoms with Gasteiger partial charge in [-0.2, -0.15) is 0 Å². The second kappa shape index (κ2) is 49.9. The topological polar surface area (TPSA) is 108 Å². The van der Waals surface area contributed by atoms with Crippen molar-refractivity contribution in [2.24, 2.45) is 0 Å². The molecule has 0 spiro atoms. The molecule has 0 aromatic rings. The molecule has 0 aliphatic heterocycles. The fourth-order valence-electron chi connectivity index (χ4n) is 8.00. The van der Waals surface area contributed by atoms with Crippen molar-refractivity contribution in [1.29, 1.82) is 0 Å². The first-order valence-electron chi connectivity index (χ1n) is 28.3. The van der Waals surface area contributed by atoms with Crippen LogP contribution in [0.1, 0.15) is 245 Å². The second-order valence-corrected chi connectivity index (χ2v) is 21.7. The summed E-state index contributed by atoms with van der Waals surface area (Å²) < 4.78 is 23.3. The van der Waals surface area contributed by atoms with Crippen LogP contribution in [0.25, 0.3) is 0 Å². The van der Waals surface area contributed by atoms with Gasteiger partial charge in [0.2, 0.25) is 5.91 Å². The van der Waals surface area contributed by atoms with E-state index in [4.69, 9.17) is 9.05 Å². The molecule has 3 atom stereocenters. The van der Waals surface area contributed by atoms with Crippen molar-refractivity contribution in [1.82, 2.24) is 5.32 Å². The molecular weight excluding hydrogens is 864 g/mol. The Morgan fingerprint density at radius 1 is 0.529 bits per heavy atom. The molecule has 0 aliphatic carbocycles. The summed E-state index contributed by atoms with van der Waals surface area (Å²) in [5.74, 6) is -0.216. The summed E-state index contributed by atoms with van der Waals surface area (Å²) in [4.78, 5) is 25.5. The minimum Gasteiger partial charge on any atom is -0.756 e. The van der Waals surface area contributed by atoms with E-state index in [0.717, 1.165) is 89.9 Å². The summed E-state index contributed by atoms with van der Waals surface area (Å²) in [7, 11) is 1.24. The predicted octanol–water partition coefficient (Wildman–Crippen LogP) is 16.5. The van der Waals surface area contributed by atoms with Crippen LogP contribution in [0, 0.1) is 0 Å². The highest BCUT2D eigenvalue weighted by atomic mass is 31.2. The summed E-state index contributed by atoms with van der Waals surface area (Å²) in [6.07, 6.45) is 68.3. The van der Waals surface area contributed by atoms with Crippen molar-refractivity contribution in [3.05, 3.63) is 72.9 Å². The molecule has 0 saturated heterocycles. The van der Waals surface area contributed by atoms with E-state index in [2.05, 4.69) is 79.9 Å². The van der Waals surface area contributed by atoms with Gasteiger partial charge in [0.1, 0.15) is 13.2 Å². The number of phosphoric acid groups is 1. The highest BCUT2D eigenvalue weighted by molar-refractivity contribution is 7.45. The van der Waals surface area contributed by atoms with Crippen molar-refractivity contribution in [2.75, 3.05) is 40.9 Å². The summed E-state index contributed by atoms with van der Waals surface area (Å²) in [6, 6.07) is -0.902. The van der Waals surface area contributed by atoms with Crippen LogP contribution >= 0.6 is 7.82 Å². The van der Waals surface area contributed by atoms with Gasteiger partial charge < -0.3 is 28.8 Å². The van der Waals surface area contributed by atoms with E-state index in [-0.39, 0.29) is 12.5 Å². The van der Waals surface area contributed by atoms with Crippen LogP contribution in [-0.4, -0.2) is 68.5 Å². The Bertz CT molecular complexity index is 1330. The third-order valence-corrected chi connectivity index (χ3v) is 13.4. The van der Waals surface area contributed by atoms with E-state index in [1.54, 1.807) is 6.08 Å². The zero-order valence-electron chi connectivity index (χ0n) is 45.0. The zero-order valence-corrected chi connectivity index (χ0v) is 45.9. The Hall–Kier alpha value is -2.06. The van der Waals surface area contributed by atoms with Gasteiger partial charge in [-0.05, 0) is 64.2 Å². The van der Waals surface area contributed by atoms with Crippen LogP contribution < -0.4 is 10.2 Å². The van der Waals surface area contributed by atoms with E-state index in [9.17, 15) is 19.4 Å².